The molecule has 0 radical (unpaired) electrons. The molecule has 0 N–H and O–H groups in total. The van der Waals surface area contributed by atoms with E-state index in [0.717, 1.165) is 12.8 Å². The molecule has 68 valence electrons. The summed E-state index contributed by atoms with van der Waals surface area (Å²) in [6.07, 6.45) is 5.51. The van der Waals surface area contributed by atoms with Gasteiger partial charge in [0.15, 0.2) is 0 Å². The average Bonchev–Trinajstić information content (AvgIpc) is 2.04. The monoisotopic (exact) mass is 167 g/mol. The number of piperidine rings is 2. The zero-order valence-corrected chi connectivity index (χ0v) is 7.75. The molecular formula is C10H17NO. The van der Waals surface area contributed by atoms with Crippen LogP contribution in [0.5, 0.6) is 0 Å². The molecular weight excluding hydrogens is 150 g/mol. The minimum Gasteiger partial charge on any atom is -0.300 e. The molecule has 0 saturated carbocycles. The lowest BCUT2D eigenvalue weighted by Gasteiger charge is -2.42. The fraction of sp³-hybridized carbons (Fsp3) is 0.900. The summed E-state index contributed by atoms with van der Waals surface area (Å²) < 4.78 is 0. The number of fused-ring (bicyclic) bond motifs is 1. The third-order valence-electron chi connectivity index (χ3n) is 3.23. The van der Waals surface area contributed by atoms with E-state index >= 15 is 0 Å². The van der Waals surface area contributed by atoms with Crippen LogP contribution in [0.15, 0.2) is 0 Å². The number of rotatable bonds is 0. The molecule has 2 aliphatic rings. The maximum atomic E-state index is 11.3. The van der Waals surface area contributed by atoms with Crippen LogP contribution >= 0.6 is 0 Å². The van der Waals surface area contributed by atoms with Gasteiger partial charge in [0.2, 0.25) is 0 Å². The Hall–Kier alpha value is -0.370. The van der Waals surface area contributed by atoms with Crippen LogP contribution in [0.3, 0.4) is 0 Å². The van der Waals surface area contributed by atoms with Gasteiger partial charge in [0, 0.05) is 24.9 Å². The molecule has 2 rings (SSSR count). The van der Waals surface area contributed by atoms with E-state index < -0.39 is 0 Å². The van der Waals surface area contributed by atoms with Crippen molar-refractivity contribution < 1.29 is 4.79 Å². The second kappa shape index (κ2) is 3.17. The minimum atomic E-state index is 0.477. The molecule has 0 aromatic heterocycles. The van der Waals surface area contributed by atoms with Crippen LogP contribution in [0.2, 0.25) is 0 Å². The highest BCUT2D eigenvalue weighted by molar-refractivity contribution is 5.80. The lowest BCUT2D eigenvalue weighted by molar-refractivity contribution is -0.125. The minimum absolute atomic E-state index is 0.477. The molecule has 0 amide bonds. The summed E-state index contributed by atoms with van der Waals surface area (Å²) >= 11 is 0. The van der Waals surface area contributed by atoms with Gasteiger partial charge in [0.1, 0.15) is 5.78 Å². The summed E-state index contributed by atoms with van der Waals surface area (Å²) in [5.74, 6) is 0.477. The lowest BCUT2D eigenvalue weighted by Crippen LogP contribution is -2.50. The zero-order valence-electron chi connectivity index (χ0n) is 7.75. The quantitative estimate of drug-likeness (QED) is 0.546. The third kappa shape index (κ3) is 1.40. The summed E-state index contributed by atoms with van der Waals surface area (Å²) in [5.41, 5.74) is 0. The Bertz CT molecular complexity index is 190. The molecule has 2 aliphatic heterocycles. The van der Waals surface area contributed by atoms with Gasteiger partial charge in [-0.25, -0.2) is 0 Å². The van der Waals surface area contributed by atoms with E-state index in [-0.39, 0.29) is 0 Å². The van der Waals surface area contributed by atoms with Gasteiger partial charge in [-0.3, -0.25) is 9.69 Å². The van der Waals surface area contributed by atoms with Crippen LogP contribution < -0.4 is 0 Å². The second-order valence-corrected chi connectivity index (χ2v) is 4.18. The number of hydrogen-bond donors (Lipinski definition) is 0. The number of nitrogens with zero attached hydrogens (tertiary/aromatic N) is 1. The van der Waals surface area contributed by atoms with Crippen molar-refractivity contribution >= 4 is 5.78 Å². The molecule has 2 saturated heterocycles. The summed E-state index contributed by atoms with van der Waals surface area (Å²) in [6.45, 7) is 3.41. The van der Waals surface area contributed by atoms with Crippen molar-refractivity contribution in [1.82, 2.24) is 4.90 Å². The predicted molar refractivity (Wildman–Crippen MR) is 48.0 cm³/mol. The van der Waals surface area contributed by atoms with Crippen LogP contribution in [0.25, 0.3) is 0 Å². The SMILES string of the molecule is C[C@H]1CC(=O)CC2CCCCN21. The van der Waals surface area contributed by atoms with Crippen LogP contribution in [-0.2, 0) is 4.79 Å². The van der Waals surface area contributed by atoms with Crippen LogP contribution in [-0.4, -0.2) is 29.3 Å². The highest BCUT2D eigenvalue weighted by Gasteiger charge is 2.33. The summed E-state index contributed by atoms with van der Waals surface area (Å²) in [4.78, 5) is 13.8. The normalized spacial score (nSPS) is 37.9. The van der Waals surface area contributed by atoms with Gasteiger partial charge in [-0.15, -0.1) is 0 Å². The summed E-state index contributed by atoms with van der Waals surface area (Å²) in [7, 11) is 0. The molecule has 1 unspecified atom stereocenters. The first-order chi connectivity index (χ1) is 5.77. The molecule has 0 aliphatic carbocycles. The number of carbonyl (C=O) groups excluding carboxylic acids is 1. The van der Waals surface area contributed by atoms with Crippen LogP contribution in [0.1, 0.15) is 39.0 Å². The Balaban J connectivity index is 2.06. The first-order valence-corrected chi connectivity index (χ1v) is 5.05. The van der Waals surface area contributed by atoms with Gasteiger partial charge >= 0.3 is 0 Å². The van der Waals surface area contributed by atoms with Crippen molar-refractivity contribution in [2.45, 2.75) is 51.1 Å². The average molecular weight is 167 g/mol. The molecule has 2 atom stereocenters. The van der Waals surface area contributed by atoms with Crippen LogP contribution in [0, 0.1) is 0 Å². The molecule has 2 fully saturated rings. The summed E-state index contributed by atoms with van der Waals surface area (Å²) in [5, 5.41) is 0. The number of ketones is 1. The van der Waals surface area contributed by atoms with Gasteiger partial charge < -0.3 is 0 Å². The molecule has 2 heterocycles. The maximum absolute atomic E-state index is 11.3. The van der Waals surface area contributed by atoms with Crippen molar-refractivity contribution in [1.29, 1.82) is 0 Å². The fourth-order valence-corrected chi connectivity index (χ4v) is 2.62. The van der Waals surface area contributed by atoms with Crippen LogP contribution in [0.4, 0.5) is 0 Å². The molecule has 2 heteroatoms. The second-order valence-electron chi connectivity index (χ2n) is 4.18. The molecule has 0 spiro atoms. The predicted octanol–water partition coefficient (Wildman–Crippen LogP) is 1.59. The number of hydrogen-bond acceptors (Lipinski definition) is 2. The first kappa shape index (κ1) is 8.24. The van der Waals surface area contributed by atoms with Gasteiger partial charge in [-0.2, -0.15) is 0 Å². The molecule has 12 heavy (non-hydrogen) atoms. The van der Waals surface area contributed by atoms with E-state index in [1.54, 1.807) is 0 Å². The summed E-state index contributed by atoms with van der Waals surface area (Å²) in [6, 6.07) is 1.10. The van der Waals surface area contributed by atoms with E-state index in [4.69, 9.17) is 0 Å². The van der Waals surface area contributed by atoms with E-state index in [9.17, 15) is 4.79 Å². The lowest BCUT2D eigenvalue weighted by atomic mass is 9.89. The Morgan fingerprint density at radius 3 is 3.00 bits per heavy atom. The van der Waals surface area contributed by atoms with Gasteiger partial charge in [-0.1, -0.05) is 6.42 Å². The van der Waals surface area contributed by atoms with Gasteiger partial charge in [0.25, 0.3) is 0 Å². The number of carbonyl (C=O) groups is 1. The van der Waals surface area contributed by atoms with Crippen molar-refractivity contribution in [2.75, 3.05) is 6.54 Å². The van der Waals surface area contributed by atoms with Gasteiger partial charge in [0.05, 0.1) is 0 Å². The third-order valence-corrected chi connectivity index (χ3v) is 3.23. The Kier molecular flexibility index (Phi) is 2.18. The highest BCUT2D eigenvalue weighted by atomic mass is 16.1. The first-order valence-electron chi connectivity index (χ1n) is 5.05. The van der Waals surface area contributed by atoms with Crippen molar-refractivity contribution in [3.63, 3.8) is 0 Å². The van der Waals surface area contributed by atoms with E-state index in [0.29, 0.717) is 17.9 Å². The number of Topliss-reactive ketones (excluding diaryl/α,β-unsaturated/α-hetero) is 1. The topological polar surface area (TPSA) is 20.3 Å². The van der Waals surface area contributed by atoms with E-state index in [1.165, 1.54) is 25.8 Å². The highest BCUT2D eigenvalue weighted by Crippen LogP contribution is 2.27. The zero-order chi connectivity index (χ0) is 8.55. The Morgan fingerprint density at radius 1 is 1.33 bits per heavy atom. The van der Waals surface area contributed by atoms with E-state index in [1.807, 2.05) is 0 Å². The Labute approximate surface area is 73.9 Å². The standard InChI is InChI=1S/C10H17NO/c1-8-6-10(12)7-9-4-2-3-5-11(8)9/h8-9H,2-7H2,1H3/t8-,9?/m0/s1. The largest absolute Gasteiger partial charge is 0.300 e. The smallest absolute Gasteiger partial charge is 0.136 e. The van der Waals surface area contributed by atoms with Gasteiger partial charge in [-0.05, 0) is 26.3 Å². The molecule has 2 nitrogen and oxygen atoms in total. The van der Waals surface area contributed by atoms with Crippen molar-refractivity contribution in [3.8, 4) is 0 Å². The van der Waals surface area contributed by atoms with Crippen molar-refractivity contribution in [2.24, 2.45) is 0 Å². The Morgan fingerprint density at radius 2 is 2.17 bits per heavy atom. The van der Waals surface area contributed by atoms with Crippen molar-refractivity contribution in [3.05, 3.63) is 0 Å². The molecule has 0 aromatic carbocycles. The van der Waals surface area contributed by atoms with E-state index in [2.05, 4.69) is 11.8 Å². The maximum Gasteiger partial charge on any atom is 0.136 e. The fourth-order valence-electron chi connectivity index (χ4n) is 2.62. The molecule has 0 aromatic rings. The molecule has 0 bridgehead atoms.